The van der Waals surface area contributed by atoms with E-state index >= 15 is 0 Å². The maximum absolute atomic E-state index is 13.1. The summed E-state index contributed by atoms with van der Waals surface area (Å²) in [4.78, 5) is 48.9. The highest BCUT2D eigenvalue weighted by molar-refractivity contribution is 6.46. The number of carbonyl (C=O) groups is 3. The van der Waals surface area contributed by atoms with Crippen molar-refractivity contribution in [2.75, 3.05) is 33.8 Å². The van der Waals surface area contributed by atoms with Crippen LogP contribution in [-0.2, 0) is 14.3 Å². The molecule has 0 spiro atoms. The van der Waals surface area contributed by atoms with Gasteiger partial charge >= 0.3 is 5.97 Å². The number of aliphatic hydroxyl groups excluding tert-OH is 1. The molecule has 1 aliphatic rings. The lowest BCUT2D eigenvalue weighted by molar-refractivity contribution is -0.139. The third kappa shape index (κ3) is 4.68. The molecule has 1 saturated heterocycles. The molecule has 176 valence electrons. The molecule has 2 N–H and O–H groups in total. The number of aromatic nitrogens is 2. The second-order valence-corrected chi connectivity index (χ2v) is 8.28. The highest BCUT2D eigenvalue weighted by atomic mass is 16.5. The molecule has 0 unspecified atom stereocenters. The van der Waals surface area contributed by atoms with E-state index in [-0.39, 0.29) is 23.6 Å². The first-order valence-corrected chi connectivity index (χ1v) is 10.9. The Hall–Kier alpha value is -3.46. The molecule has 1 aliphatic heterocycles. The Morgan fingerprint density at radius 3 is 2.52 bits per heavy atom. The normalized spacial score (nSPS) is 17.8. The van der Waals surface area contributed by atoms with Gasteiger partial charge in [-0.2, -0.15) is 0 Å². The summed E-state index contributed by atoms with van der Waals surface area (Å²) in [6, 6.07) is 2.70. The van der Waals surface area contributed by atoms with Gasteiger partial charge in [-0.25, -0.2) is 4.79 Å². The number of Topliss-reactive ketones (excluding diaryl/α,β-unsaturated/α-hetero) is 1. The van der Waals surface area contributed by atoms with Gasteiger partial charge in [0.05, 0.1) is 18.2 Å². The van der Waals surface area contributed by atoms with Gasteiger partial charge < -0.3 is 24.6 Å². The number of H-pyrrole nitrogens is 1. The molecule has 3 heterocycles. The van der Waals surface area contributed by atoms with Crippen molar-refractivity contribution >= 4 is 23.4 Å². The summed E-state index contributed by atoms with van der Waals surface area (Å²) in [7, 11) is 3.88. The van der Waals surface area contributed by atoms with Crippen molar-refractivity contribution in [1.82, 2.24) is 19.8 Å². The topological polar surface area (TPSA) is 116 Å². The number of pyridine rings is 1. The Morgan fingerprint density at radius 1 is 1.24 bits per heavy atom. The van der Waals surface area contributed by atoms with Gasteiger partial charge in [0, 0.05) is 30.2 Å². The summed E-state index contributed by atoms with van der Waals surface area (Å²) in [5.41, 5.74) is 2.15. The molecule has 0 aromatic carbocycles. The van der Waals surface area contributed by atoms with Crippen molar-refractivity contribution in [3.63, 3.8) is 0 Å². The Balaban J connectivity index is 2.13. The third-order valence-electron chi connectivity index (χ3n) is 5.72. The molecule has 9 nitrogen and oxygen atoms in total. The first-order valence-electron chi connectivity index (χ1n) is 10.9. The number of amides is 1. The number of esters is 1. The van der Waals surface area contributed by atoms with Crippen molar-refractivity contribution in [2.24, 2.45) is 0 Å². The van der Waals surface area contributed by atoms with Crippen LogP contribution >= 0.6 is 0 Å². The van der Waals surface area contributed by atoms with E-state index in [2.05, 4.69) is 9.97 Å². The minimum absolute atomic E-state index is 0.00309. The van der Waals surface area contributed by atoms with Crippen LogP contribution < -0.4 is 0 Å². The average molecular weight is 455 g/mol. The molecule has 0 bridgehead atoms. The molecule has 0 aliphatic carbocycles. The highest BCUT2D eigenvalue weighted by Crippen LogP contribution is 2.40. The summed E-state index contributed by atoms with van der Waals surface area (Å²) in [5.74, 6) is -2.27. The zero-order valence-corrected chi connectivity index (χ0v) is 19.6. The summed E-state index contributed by atoms with van der Waals surface area (Å²) in [5, 5.41) is 11.3. The van der Waals surface area contributed by atoms with Crippen LogP contribution in [0, 0.1) is 13.8 Å². The number of ketones is 1. The van der Waals surface area contributed by atoms with Gasteiger partial charge in [-0.1, -0.05) is 0 Å². The van der Waals surface area contributed by atoms with E-state index in [9.17, 15) is 19.5 Å². The number of hydrogen-bond donors (Lipinski definition) is 2. The van der Waals surface area contributed by atoms with E-state index in [1.54, 1.807) is 45.3 Å². The molecule has 1 amide bonds. The van der Waals surface area contributed by atoms with Gasteiger partial charge in [0.1, 0.15) is 11.5 Å². The summed E-state index contributed by atoms with van der Waals surface area (Å²) in [6.07, 6.45) is 3.83. The fourth-order valence-corrected chi connectivity index (χ4v) is 4.21. The van der Waals surface area contributed by atoms with Crippen LogP contribution in [0.25, 0.3) is 5.76 Å². The number of ether oxygens (including phenoxy) is 1. The molecule has 1 atom stereocenters. The number of likely N-dealkylation sites (tertiary alicyclic amines) is 1. The van der Waals surface area contributed by atoms with Crippen LogP contribution in [0.3, 0.4) is 0 Å². The SMILES string of the molecule is CCOC(=O)c1[nH]c(C)c(C(O)=C2C(=O)C(=O)N(CCCN(C)C)[C@@H]2c2ccncc2)c1C. The van der Waals surface area contributed by atoms with E-state index < -0.39 is 23.7 Å². The molecular formula is C24H30N4O5. The van der Waals surface area contributed by atoms with Crippen LogP contribution in [0.1, 0.15) is 52.3 Å². The van der Waals surface area contributed by atoms with Crippen LogP contribution in [0.2, 0.25) is 0 Å². The van der Waals surface area contributed by atoms with Crippen LogP contribution in [-0.4, -0.2) is 76.3 Å². The molecular weight excluding hydrogens is 424 g/mol. The molecule has 3 rings (SSSR count). The predicted octanol–water partition coefficient (Wildman–Crippen LogP) is 2.58. The number of aryl methyl sites for hydroxylation is 1. The van der Waals surface area contributed by atoms with Crippen molar-refractivity contribution in [1.29, 1.82) is 0 Å². The van der Waals surface area contributed by atoms with Gasteiger partial charge in [0.15, 0.2) is 0 Å². The Kier molecular flexibility index (Phi) is 7.33. The third-order valence-corrected chi connectivity index (χ3v) is 5.72. The Labute approximate surface area is 193 Å². The molecule has 2 aromatic rings. The number of nitrogens with zero attached hydrogens (tertiary/aromatic N) is 3. The van der Waals surface area contributed by atoms with E-state index in [0.717, 1.165) is 6.54 Å². The van der Waals surface area contributed by atoms with Crippen molar-refractivity contribution in [3.8, 4) is 0 Å². The fraction of sp³-hybridized carbons (Fsp3) is 0.417. The van der Waals surface area contributed by atoms with Crippen molar-refractivity contribution < 1.29 is 24.2 Å². The number of carbonyl (C=O) groups excluding carboxylic acids is 3. The predicted molar refractivity (Wildman–Crippen MR) is 123 cm³/mol. The standard InChI is InChI=1S/C24H30N4O5/c1-6-33-24(32)19-14(2)17(15(3)26-19)21(29)18-20(16-8-10-25-11-9-16)28(23(31)22(18)30)13-7-12-27(4)5/h8-11,20,26,29H,6-7,12-13H2,1-5H3/t20-/m1/s1. The van der Waals surface area contributed by atoms with E-state index in [1.165, 1.54) is 4.90 Å². The number of hydrogen-bond acceptors (Lipinski definition) is 7. The first kappa shape index (κ1) is 24.2. The van der Waals surface area contributed by atoms with Crippen LogP contribution in [0.5, 0.6) is 0 Å². The van der Waals surface area contributed by atoms with Crippen LogP contribution in [0.15, 0.2) is 30.1 Å². The summed E-state index contributed by atoms with van der Waals surface area (Å²) < 4.78 is 5.08. The molecule has 33 heavy (non-hydrogen) atoms. The van der Waals surface area contributed by atoms with Gasteiger partial charge in [-0.3, -0.25) is 14.6 Å². The Morgan fingerprint density at radius 2 is 1.91 bits per heavy atom. The average Bonchev–Trinajstić information content (AvgIpc) is 3.21. The lowest BCUT2D eigenvalue weighted by Gasteiger charge is -2.25. The lowest BCUT2D eigenvalue weighted by atomic mass is 9.94. The second-order valence-electron chi connectivity index (χ2n) is 8.28. The monoisotopic (exact) mass is 454 g/mol. The maximum Gasteiger partial charge on any atom is 0.355 e. The smallest absolute Gasteiger partial charge is 0.355 e. The maximum atomic E-state index is 13.1. The first-order chi connectivity index (χ1) is 15.7. The van der Waals surface area contributed by atoms with E-state index in [1.807, 2.05) is 19.0 Å². The lowest BCUT2D eigenvalue weighted by Crippen LogP contribution is -2.32. The number of aromatic amines is 1. The zero-order valence-electron chi connectivity index (χ0n) is 19.6. The number of rotatable bonds is 8. The van der Waals surface area contributed by atoms with Gasteiger partial charge in [0.2, 0.25) is 0 Å². The van der Waals surface area contributed by atoms with Gasteiger partial charge in [0.25, 0.3) is 11.7 Å². The molecule has 2 aromatic heterocycles. The largest absolute Gasteiger partial charge is 0.507 e. The Bertz CT molecular complexity index is 1090. The van der Waals surface area contributed by atoms with Crippen LogP contribution in [0.4, 0.5) is 0 Å². The molecule has 1 fully saturated rings. The van der Waals surface area contributed by atoms with Crippen molar-refractivity contribution in [3.05, 3.63) is 58.2 Å². The van der Waals surface area contributed by atoms with E-state index in [4.69, 9.17) is 4.74 Å². The van der Waals surface area contributed by atoms with E-state index in [0.29, 0.717) is 35.3 Å². The second kappa shape index (κ2) is 9.99. The molecule has 0 saturated carbocycles. The van der Waals surface area contributed by atoms with Crippen molar-refractivity contribution in [2.45, 2.75) is 33.2 Å². The fourth-order valence-electron chi connectivity index (χ4n) is 4.21. The minimum Gasteiger partial charge on any atom is -0.507 e. The summed E-state index contributed by atoms with van der Waals surface area (Å²) in [6.45, 7) is 6.36. The number of nitrogens with one attached hydrogen (secondary N) is 1. The zero-order chi connectivity index (χ0) is 24.3. The minimum atomic E-state index is -0.755. The number of aliphatic hydroxyl groups is 1. The molecule has 0 radical (unpaired) electrons. The van der Waals surface area contributed by atoms with Gasteiger partial charge in [-0.15, -0.1) is 0 Å². The molecule has 9 heteroatoms. The summed E-state index contributed by atoms with van der Waals surface area (Å²) >= 11 is 0. The highest BCUT2D eigenvalue weighted by Gasteiger charge is 2.46. The quantitative estimate of drug-likeness (QED) is 0.273. The van der Waals surface area contributed by atoms with Gasteiger partial charge in [-0.05, 0) is 71.1 Å².